The normalized spacial score (nSPS) is 11.6. The molecule has 3 aromatic rings. The molecular formula is C19H20N8O5. The molecule has 1 unspecified atom stereocenters. The van der Waals surface area contributed by atoms with Gasteiger partial charge in [0, 0.05) is 17.7 Å². The number of carboxylic acids is 1. The summed E-state index contributed by atoms with van der Waals surface area (Å²) in [5, 5.41) is 14.2. The van der Waals surface area contributed by atoms with E-state index in [1.807, 2.05) is 0 Å². The SMILES string of the molecule is NC(=O)C(CCC(=O)O)NC(=O)c1ccc(NCc2cnc3nc(N)[nH]c(=O)c3n2)cc1. The van der Waals surface area contributed by atoms with Gasteiger partial charge in [-0.15, -0.1) is 0 Å². The molecule has 0 bridgehead atoms. The van der Waals surface area contributed by atoms with Crippen molar-refractivity contribution in [1.82, 2.24) is 25.3 Å². The number of hydrogen-bond acceptors (Lipinski definition) is 9. The Hall–Kier alpha value is -4.55. The first kappa shape index (κ1) is 22.1. The fraction of sp³-hybridized carbons (Fsp3) is 0.211. The Morgan fingerprint density at radius 2 is 1.88 bits per heavy atom. The zero-order valence-corrected chi connectivity index (χ0v) is 16.7. The monoisotopic (exact) mass is 440 g/mol. The second-order valence-electron chi connectivity index (χ2n) is 6.78. The number of carbonyl (C=O) groups excluding carboxylic acids is 2. The number of carbonyl (C=O) groups is 3. The van der Waals surface area contributed by atoms with Crippen LogP contribution < -0.4 is 27.7 Å². The molecule has 3 rings (SSSR count). The van der Waals surface area contributed by atoms with E-state index in [-0.39, 0.29) is 42.1 Å². The summed E-state index contributed by atoms with van der Waals surface area (Å²) in [7, 11) is 0. The first-order valence-electron chi connectivity index (χ1n) is 9.40. The number of anilines is 2. The highest BCUT2D eigenvalue weighted by Gasteiger charge is 2.20. The van der Waals surface area contributed by atoms with Gasteiger partial charge < -0.3 is 27.2 Å². The molecule has 0 aliphatic carbocycles. The summed E-state index contributed by atoms with van der Waals surface area (Å²) in [5.41, 5.74) is 11.8. The Morgan fingerprint density at radius 3 is 2.53 bits per heavy atom. The van der Waals surface area contributed by atoms with Gasteiger partial charge in [-0.1, -0.05) is 0 Å². The van der Waals surface area contributed by atoms with E-state index in [0.29, 0.717) is 11.4 Å². The minimum absolute atomic E-state index is 0.0455. The summed E-state index contributed by atoms with van der Waals surface area (Å²) in [5.74, 6) is -2.51. The summed E-state index contributed by atoms with van der Waals surface area (Å²) in [6.07, 6.45) is 1.06. The van der Waals surface area contributed by atoms with Gasteiger partial charge in [-0.3, -0.25) is 24.2 Å². The number of nitrogens with one attached hydrogen (secondary N) is 3. The van der Waals surface area contributed by atoms with Gasteiger partial charge in [0.1, 0.15) is 6.04 Å². The molecule has 0 aliphatic rings. The quantitative estimate of drug-likeness (QED) is 0.247. The van der Waals surface area contributed by atoms with Crippen LogP contribution in [-0.4, -0.2) is 48.9 Å². The van der Waals surface area contributed by atoms with Gasteiger partial charge in [0.2, 0.25) is 11.9 Å². The number of carboxylic acid groups (broad SMARTS) is 1. The van der Waals surface area contributed by atoms with Crippen LogP contribution in [0.2, 0.25) is 0 Å². The van der Waals surface area contributed by atoms with Crippen molar-refractivity contribution in [1.29, 1.82) is 0 Å². The molecule has 13 heteroatoms. The van der Waals surface area contributed by atoms with E-state index in [4.69, 9.17) is 16.6 Å². The molecule has 0 saturated heterocycles. The third kappa shape index (κ3) is 5.53. The van der Waals surface area contributed by atoms with Crippen LogP contribution >= 0.6 is 0 Å². The number of fused-ring (bicyclic) bond motifs is 1. The molecule has 166 valence electrons. The Bertz CT molecular complexity index is 1220. The average molecular weight is 440 g/mol. The number of benzene rings is 1. The van der Waals surface area contributed by atoms with Crippen LogP contribution in [0.15, 0.2) is 35.3 Å². The molecule has 2 amide bonds. The number of aromatic amines is 1. The Labute approximate surface area is 180 Å². The topological polar surface area (TPSA) is 219 Å². The first-order chi connectivity index (χ1) is 15.2. The number of amides is 2. The molecule has 0 aliphatic heterocycles. The molecule has 13 nitrogen and oxygen atoms in total. The highest BCUT2D eigenvalue weighted by Crippen LogP contribution is 2.12. The van der Waals surface area contributed by atoms with Crippen molar-refractivity contribution in [2.75, 3.05) is 11.1 Å². The van der Waals surface area contributed by atoms with E-state index in [2.05, 4.69) is 30.6 Å². The van der Waals surface area contributed by atoms with Crippen LogP contribution in [0.4, 0.5) is 11.6 Å². The minimum atomic E-state index is -1.10. The van der Waals surface area contributed by atoms with Crippen LogP contribution in [0.5, 0.6) is 0 Å². The maximum Gasteiger partial charge on any atom is 0.303 e. The van der Waals surface area contributed by atoms with Crippen molar-refractivity contribution in [2.45, 2.75) is 25.4 Å². The molecule has 1 atom stereocenters. The van der Waals surface area contributed by atoms with E-state index >= 15 is 0 Å². The van der Waals surface area contributed by atoms with E-state index in [9.17, 15) is 19.2 Å². The van der Waals surface area contributed by atoms with Crippen LogP contribution in [0.25, 0.3) is 11.2 Å². The highest BCUT2D eigenvalue weighted by molar-refractivity contribution is 5.97. The number of rotatable bonds is 9. The zero-order valence-electron chi connectivity index (χ0n) is 16.7. The van der Waals surface area contributed by atoms with Crippen LogP contribution in [0, 0.1) is 0 Å². The fourth-order valence-corrected chi connectivity index (χ4v) is 2.78. The van der Waals surface area contributed by atoms with E-state index in [1.165, 1.54) is 18.3 Å². The Balaban J connectivity index is 1.62. The molecule has 0 spiro atoms. The number of aromatic nitrogens is 4. The van der Waals surface area contributed by atoms with Gasteiger partial charge in [0.05, 0.1) is 18.4 Å². The predicted octanol–water partition coefficient (Wildman–Crippen LogP) is -0.644. The van der Waals surface area contributed by atoms with Crippen molar-refractivity contribution in [2.24, 2.45) is 5.73 Å². The summed E-state index contributed by atoms with van der Waals surface area (Å²) >= 11 is 0. The lowest BCUT2D eigenvalue weighted by Crippen LogP contribution is -2.44. The van der Waals surface area contributed by atoms with Gasteiger partial charge in [-0.25, -0.2) is 9.97 Å². The molecule has 1 aromatic carbocycles. The standard InChI is InChI=1S/C19H20N8O5/c20-15(30)12(5-6-13(28)29)25-17(31)9-1-3-10(4-2-9)22-7-11-8-23-16-14(24-11)18(32)27-19(21)26-16/h1-4,8,12,22H,5-7H2,(H2,20,30)(H,25,31)(H,28,29)(H3,21,23,26,27,32). The fourth-order valence-electron chi connectivity index (χ4n) is 2.78. The van der Waals surface area contributed by atoms with Gasteiger partial charge >= 0.3 is 5.97 Å². The summed E-state index contributed by atoms with van der Waals surface area (Å²) in [6, 6.07) is 5.23. The van der Waals surface area contributed by atoms with E-state index in [1.54, 1.807) is 12.1 Å². The smallest absolute Gasteiger partial charge is 0.303 e. The maximum atomic E-state index is 12.3. The summed E-state index contributed by atoms with van der Waals surface area (Å²) in [4.78, 5) is 60.9. The van der Waals surface area contributed by atoms with Gasteiger partial charge in [-0.2, -0.15) is 4.98 Å². The van der Waals surface area contributed by atoms with Crippen molar-refractivity contribution in [3.05, 3.63) is 52.1 Å². The Kier molecular flexibility index (Phi) is 6.58. The van der Waals surface area contributed by atoms with Crippen LogP contribution in [-0.2, 0) is 16.1 Å². The van der Waals surface area contributed by atoms with Crippen molar-refractivity contribution in [3.63, 3.8) is 0 Å². The summed E-state index contributed by atoms with van der Waals surface area (Å²) in [6.45, 7) is 0.247. The number of primary amides is 1. The largest absolute Gasteiger partial charge is 0.481 e. The molecule has 0 radical (unpaired) electrons. The van der Waals surface area contributed by atoms with Gasteiger partial charge in [0.15, 0.2) is 11.2 Å². The molecule has 32 heavy (non-hydrogen) atoms. The second kappa shape index (κ2) is 9.51. The number of nitrogen functional groups attached to an aromatic ring is 1. The van der Waals surface area contributed by atoms with Crippen molar-refractivity contribution >= 4 is 40.6 Å². The molecule has 0 fully saturated rings. The average Bonchev–Trinajstić information content (AvgIpc) is 2.75. The summed E-state index contributed by atoms with van der Waals surface area (Å²) < 4.78 is 0. The van der Waals surface area contributed by atoms with Crippen molar-refractivity contribution < 1.29 is 19.5 Å². The third-order valence-corrected chi connectivity index (χ3v) is 4.40. The van der Waals surface area contributed by atoms with E-state index < -0.39 is 29.4 Å². The zero-order chi connectivity index (χ0) is 23.3. The van der Waals surface area contributed by atoms with E-state index in [0.717, 1.165) is 0 Å². The number of nitrogens with zero attached hydrogens (tertiary/aromatic N) is 3. The second-order valence-corrected chi connectivity index (χ2v) is 6.78. The van der Waals surface area contributed by atoms with Gasteiger partial charge in [-0.05, 0) is 30.7 Å². The maximum absolute atomic E-state index is 12.3. The molecule has 0 saturated carbocycles. The molecule has 2 aromatic heterocycles. The molecule has 2 heterocycles. The third-order valence-electron chi connectivity index (χ3n) is 4.40. The number of H-pyrrole nitrogens is 1. The van der Waals surface area contributed by atoms with Crippen LogP contribution in [0.3, 0.4) is 0 Å². The lowest BCUT2D eigenvalue weighted by atomic mass is 10.1. The number of aliphatic carboxylic acids is 1. The lowest BCUT2D eigenvalue weighted by molar-refractivity contribution is -0.137. The molecular weight excluding hydrogens is 420 g/mol. The highest BCUT2D eigenvalue weighted by atomic mass is 16.4. The van der Waals surface area contributed by atoms with Crippen LogP contribution in [0.1, 0.15) is 28.9 Å². The first-order valence-corrected chi connectivity index (χ1v) is 9.40. The predicted molar refractivity (Wildman–Crippen MR) is 113 cm³/mol. The minimum Gasteiger partial charge on any atom is -0.481 e. The number of hydrogen-bond donors (Lipinski definition) is 6. The van der Waals surface area contributed by atoms with Gasteiger partial charge in [0.25, 0.3) is 11.5 Å². The van der Waals surface area contributed by atoms with Crippen molar-refractivity contribution in [3.8, 4) is 0 Å². The Morgan fingerprint density at radius 1 is 1.16 bits per heavy atom. The lowest BCUT2D eigenvalue weighted by Gasteiger charge is -2.14. The molecule has 8 N–H and O–H groups in total. The number of nitrogens with two attached hydrogens (primary N) is 2.